The van der Waals surface area contributed by atoms with Crippen LogP contribution in [-0.2, 0) is 11.3 Å². The van der Waals surface area contributed by atoms with E-state index in [1.807, 2.05) is 29.2 Å². The van der Waals surface area contributed by atoms with Crippen molar-refractivity contribution in [2.24, 2.45) is 0 Å². The fraction of sp³-hybridized carbons (Fsp3) is 0.385. The molecule has 19 heavy (non-hydrogen) atoms. The van der Waals surface area contributed by atoms with Gasteiger partial charge in [0.15, 0.2) is 0 Å². The SMILES string of the molecule is Cl.O=C(Cn1ncc2ccccc21)N1CCNCC1. The normalized spacial score (nSPS) is 15.3. The molecule has 1 aromatic heterocycles. The first-order valence-corrected chi connectivity index (χ1v) is 6.23. The van der Waals surface area contributed by atoms with Crippen LogP contribution in [0.4, 0.5) is 0 Å². The minimum Gasteiger partial charge on any atom is -0.339 e. The van der Waals surface area contributed by atoms with Crippen LogP contribution in [-0.4, -0.2) is 46.8 Å². The number of nitrogens with zero attached hydrogens (tertiary/aromatic N) is 3. The Kier molecular flexibility index (Phi) is 4.39. The van der Waals surface area contributed by atoms with Gasteiger partial charge in [-0.15, -0.1) is 12.4 Å². The van der Waals surface area contributed by atoms with Crippen molar-refractivity contribution in [3.8, 4) is 0 Å². The summed E-state index contributed by atoms with van der Waals surface area (Å²) in [5.41, 5.74) is 1.01. The Bertz CT molecular complexity index is 563. The third-order valence-corrected chi connectivity index (χ3v) is 3.31. The lowest BCUT2D eigenvalue weighted by molar-refractivity contribution is -0.132. The summed E-state index contributed by atoms with van der Waals surface area (Å²) in [7, 11) is 0. The molecule has 3 rings (SSSR count). The number of rotatable bonds is 2. The Morgan fingerprint density at radius 2 is 2.00 bits per heavy atom. The molecule has 1 fully saturated rings. The van der Waals surface area contributed by atoms with E-state index in [1.165, 1.54) is 0 Å². The Morgan fingerprint density at radius 1 is 1.26 bits per heavy atom. The van der Waals surface area contributed by atoms with Gasteiger partial charge in [0, 0.05) is 31.6 Å². The predicted molar refractivity (Wildman–Crippen MR) is 76.4 cm³/mol. The van der Waals surface area contributed by atoms with Crippen LogP contribution in [0.15, 0.2) is 30.5 Å². The van der Waals surface area contributed by atoms with Gasteiger partial charge in [0.05, 0.1) is 11.7 Å². The summed E-state index contributed by atoms with van der Waals surface area (Å²) in [5.74, 6) is 0.144. The number of piperazine rings is 1. The fourth-order valence-electron chi connectivity index (χ4n) is 2.29. The number of halogens is 1. The average molecular weight is 281 g/mol. The molecule has 2 aromatic rings. The van der Waals surface area contributed by atoms with Crippen LogP contribution in [0.1, 0.15) is 0 Å². The zero-order valence-electron chi connectivity index (χ0n) is 10.6. The maximum Gasteiger partial charge on any atom is 0.244 e. The van der Waals surface area contributed by atoms with E-state index in [2.05, 4.69) is 10.4 Å². The lowest BCUT2D eigenvalue weighted by Crippen LogP contribution is -2.47. The minimum atomic E-state index is 0. The molecule has 102 valence electrons. The smallest absolute Gasteiger partial charge is 0.244 e. The maximum atomic E-state index is 12.1. The lowest BCUT2D eigenvalue weighted by atomic mass is 10.2. The average Bonchev–Trinajstić information content (AvgIpc) is 2.83. The second-order valence-corrected chi connectivity index (χ2v) is 4.49. The highest BCUT2D eigenvalue weighted by Gasteiger charge is 2.17. The molecule has 0 atom stereocenters. The topological polar surface area (TPSA) is 50.2 Å². The van der Waals surface area contributed by atoms with Gasteiger partial charge in [-0.25, -0.2) is 0 Å². The molecule has 5 nitrogen and oxygen atoms in total. The minimum absolute atomic E-state index is 0. The molecular weight excluding hydrogens is 264 g/mol. The van der Waals surface area contributed by atoms with E-state index >= 15 is 0 Å². The van der Waals surface area contributed by atoms with Gasteiger partial charge in [0.1, 0.15) is 6.54 Å². The number of para-hydroxylation sites is 1. The molecule has 6 heteroatoms. The maximum absolute atomic E-state index is 12.1. The Hall–Kier alpha value is -1.59. The van der Waals surface area contributed by atoms with E-state index in [1.54, 1.807) is 10.9 Å². The highest BCUT2D eigenvalue weighted by Crippen LogP contribution is 2.12. The Morgan fingerprint density at radius 3 is 2.79 bits per heavy atom. The molecule has 1 aliphatic heterocycles. The van der Waals surface area contributed by atoms with Crippen LogP contribution in [0.25, 0.3) is 10.9 Å². The second-order valence-electron chi connectivity index (χ2n) is 4.49. The third kappa shape index (κ3) is 2.88. The summed E-state index contributed by atoms with van der Waals surface area (Å²) in [6, 6.07) is 7.95. The number of benzene rings is 1. The number of hydrogen-bond acceptors (Lipinski definition) is 3. The van der Waals surface area contributed by atoms with Crippen molar-refractivity contribution in [2.45, 2.75) is 6.54 Å². The summed E-state index contributed by atoms with van der Waals surface area (Å²) < 4.78 is 1.78. The molecule has 2 heterocycles. The van der Waals surface area contributed by atoms with Crippen molar-refractivity contribution >= 4 is 29.2 Å². The van der Waals surface area contributed by atoms with E-state index < -0.39 is 0 Å². The molecule has 0 saturated carbocycles. The van der Waals surface area contributed by atoms with Crippen molar-refractivity contribution in [3.05, 3.63) is 30.5 Å². The molecule has 1 amide bonds. The molecule has 1 saturated heterocycles. The number of fused-ring (bicyclic) bond motifs is 1. The van der Waals surface area contributed by atoms with Crippen molar-refractivity contribution < 1.29 is 4.79 Å². The van der Waals surface area contributed by atoms with Gasteiger partial charge in [-0.2, -0.15) is 5.10 Å². The van der Waals surface area contributed by atoms with Crippen LogP contribution in [0.2, 0.25) is 0 Å². The Balaban J connectivity index is 0.00000133. The summed E-state index contributed by atoms with van der Waals surface area (Å²) >= 11 is 0. The van der Waals surface area contributed by atoms with Gasteiger partial charge in [-0.3, -0.25) is 9.48 Å². The molecule has 0 spiro atoms. The molecule has 0 aliphatic carbocycles. The lowest BCUT2D eigenvalue weighted by Gasteiger charge is -2.27. The fourth-order valence-corrected chi connectivity index (χ4v) is 2.29. The van der Waals surface area contributed by atoms with Gasteiger partial charge in [-0.1, -0.05) is 18.2 Å². The molecule has 0 radical (unpaired) electrons. The van der Waals surface area contributed by atoms with Crippen molar-refractivity contribution in [3.63, 3.8) is 0 Å². The number of hydrogen-bond donors (Lipinski definition) is 1. The van der Waals surface area contributed by atoms with Crippen LogP contribution in [0.3, 0.4) is 0 Å². The van der Waals surface area contributed by atoms with Crippen LogP contribution in [0, 0.1) is 0 Å². The number of carbonyl (C=O) groups excluding carboxylic acids is 1. The van der Waals surface area contributed by atoms with Crippen molar-refractivity contribution in [1.29, 1.82) is 0 Å². The molecule has 1 aromatic carbocycles. The highest BCUT2D eigenvalue weighted by atomic mass is 35.5. The van der Waals surface area contributed by atoms with Crippen molar-refractivity contribution in [1.82, 2.24) is 20.0 Å². The van der Waals surface area contributed by atoms with Gasteiger partial charge in [0.2, 0.25) is 5.91 Å². The first-order valence-electron chi connectivity index (χ1n) is 6.23. The third-order valence-electron chi connectivity index (χ3n) is 3.31. The summed E-state index contributed by atoms with van der Waals surface area (Å²) in [6.07, 6.45) is 1.81. The zero-order chi connectivity index (χ0) is 12.4. The van der Waals surface area contributed by atoms with Gasteiger partial charge >= 0.3 is 0 Å². The molecule has 1 aliphatic rings. The highest BCUT2D eigenvalue weighted by molar-refractivity contribution is 5.85. The van der Waals surface area contributed by atoms with Gasteiger partial charge < -0.3 is 10.2 Å². The number of amides is 1. The van der Waals surface area contributed by atoms with E-state index in [4.69, 9.17) is 0 Å². The molecule has 0 unspecified atom stereocenters. The summed E-state index contributed by atoms with van der Waals surface area (Å²) in [5, 5.41) is 8.60. The van der Waals surface area contributed by atoms with Crippen LogP contribution >= 0.6 is 12.4 Å². The first kappa shape index (κ1) is 13.8. The second kappa shape index (κ2) is 6.04. The largest absolute Gasteiger partial charge is 0.339 e. The number of nitrogens with one attached hydrogen (secondary N) is 1. The van der Waals surface area contributed by atoms with Crippen LogP contribution in [0.5, 0.6) is 0 Å². The summed E-state index contributed by atoms with van der Waals surface area (Å²) in [4.78, 5) is 14.0. The molecular formula is C13H17ClN4O. The predicted octanol–water partition coefficient (Wildman–Crippen LogP) is 0.890. The quantitative estimate of drug-likeness (QED) is 0.889. The van der Waals surface area contributed by atoms with Gasteiger partial charge in [0.25, 0.3) is 0 Å². The van der Waals surface area contributed by atoms with E-state index in [0.29, 0.717) is 6.54 Å². The van der Waals surface area contributed by atoms with Gasteiger partial charge in [-0.05, 0) is 6.07 Å². The van der Waals surface area contributed by atoms with Crippen LogP contribution < -0.4 is 5.32 Å². The molecule has 0 bridgehead atoms. The monoisotopic (exact) mass is 280 g/mol. The number of aromatic nitrogens is 2. The zero-order valence-corrected chi connectivity index (χ0v) is 11.4. The number of carbonyl (C=O) groups is 1. The van der Waals surface area contributed by atoms with E-state index in [0.717, 1.165) is 37.1 Å². The van der Waals surface area contributed by atoms with E-state index in [-0.39, 0.29) is 18.3 Å². The first-order chi connectivity index (χ1) is 8.84. The standard InChI is InChI=1S/C13H16N4O.ClH/c18-13(16-7-5-14-6-8-16)10-17-12-4-2-1-3-11(12)9-15-17;/h1-4,9,14H,5-8,10H2;1H. The Labute approximate surface area is 118 Å². The summed E-state index contributed by atoms with van der Waals surface area (Å²) in [6.45, 7) is 3.67. The molecule has 1 N–H and O–H groups in total. The van der Waals surface area contributed by atoms with E-state index in [9.17, 15) is 4.79 Å². The van der Waals surface area contributed by atoms with Crippen molar-refractivity contribution in [2.75, 3.05) is 26.2 Å².